The molecule has 5 radical (unpaired) electrons. The van der Waals surface area contributed by atoms with E-state index in [1.165, 1.54) is 22.6 Å². The minimum absolute atomic E-state index is 0.0781. The highest BCUT2D eigenvalue weighted by Gasteiger charge is 2.42. The van der Waals surface area contributed by atoms with Gasteiger partial charge in [0.25, 0.3) is 0 Å². The van der Waals surface area contributed by atoms with Crippen molar-refractivity contribution in [2.24, 2.45) is 0 Å². The van der Waals surface area contributed by atoms with E-state index in [0.29, 0.717) is 0 Å². The van der Waals surface area contributed by atoms with Gasteiger partial charge in [0.2, 0.25) is 0 Å². The van der Waals surface area contributed by atoms with Gasteiger partial charge in [0, 0.05) is 0 Å². The molecule has 0 saturated heterocycles. The van der Waals surface area contributed by atoms with E-state index in [0.717, 1.165) is 0 Å². The first-order valence-electron chi connectivity index (χ1n) is 7.47. The molecule has 0 aliphatic heterocycles. The van der Waals surface area contributed by atoms with Crippen molar-refractivity contribution in [2.45, 2.75) is 52.8 Å². The lowest BCUT2D eigenvalue weighted by Crippen LogP contribution is -2.31. The van der Waals surface area contributed by atoms with Crippen LogP contribution in [0.3, 0.4) is 0 Å². The van der Waals surface area contributed by atoms with E-state index in [1.54, 1.807) is 5.54 Å². The average molecular weight is 284 g/mol. The molecule has 2 rings (SSSR count). The van der Waals surface area contributed by atoms with E-state index in [1.807, 2.05) is 0 Å². The summed E-state index contributed by atoms with van der Waals surface area (Å²) < 4.78 is 0. The number of hydrogen-bond donors (Lipinski definition) is 0. The number of rotatable bonds is 3. The Morgan fingerprint density at radius 2 is 1.40 bits per heavy atom. The monoisotopic (exact) mass is 283 g/mol. The molecule has 0 spiro atoms. The van der Waals surface area contributed by atoms with Gasteiger partial charge in [0.05, 0.1) is 8.07 Å². The van der Waals surface area contributed by atoms with Crippen molar-refractivity contribution in [3.05, 3.63) is 65.6 Å². The Hall–Kier alpha value is -0.563. The van der Waals surface area contributed by atoms with E-state index >= 15 is 0 Å². The maximum absolute atomic E-state index is 2.43. The fraction of sp³-hybridized carbons (Fsp3) is 0.421. The molecule has 1 aliphatic rings. The Morgan fingerprint density at radius 3 is 1.85 bits per heavy atom. The molecule has 20 heavy (non-hydrogen) atoms. The highest BCUT2D eigenvalue weighted by molar-refractivity contribution is 6.82. The molecule has 0 heterocycles. The lowest BCUT2D eigenvalue weighted by molar-refractivity contribution is 0.575. The maximum atomic E-state index is 2.43. The fourth-order valence-corrected chi connectivity index (χ4v) is 3.97. The maximum Gasteiger partial charge on any atom is 0.0517 e. The third kappa shape index (κ3) is 3.19. The summed E-state index contributed by atoms with van der Waals surface area (Å²) >= 11 is 0. The molecule has 0 nitrogen and oxygen atoms in total. The van der Waals surface area contributed by atoms with Gasteiger partial charge in [-0.15, -0.1) is 0 Å². The minimum Gasteiger partial charge on any atom is -0.0691 e. The molecule has 1 saturated carbocycles. The topological polar surface area (TPSA) is 0 Å². The van der Waals surface area contributed by atoms with Crippen molar-refractivity contribution < 1.29 is 0 Å². The third-order valence-corrected chi connectivity index (χ3v) is 6.33. The molecule has 0 unspecified atom stereocenters. The largest absolute Gasteiger partial charge is 0.0691 e. The minimum atomic E-state index is -1.21. The summed E-state index contributed by atoms with van der Waals surface area (Å²) in [4.78, 5) is 0. The van der Waals surface area contributed by atoms with Crippen molar-refractivity contribution in [2.75, 3.05) is 0 Å². The standard InChI is InChI=1S/C19H27Si/c1-14-10-15(2)12-17(11-14)19(3,4)16-8-9-18(13-16)20(5,6)7/h8-13H,1-7H3. The van der Waals surface area contributed by atoms with E-state index in [2.05, 4.69) is 84.8 Å². The summed E-state index contributed by atoms with van der Waals surface area (Å²) in [5, 5.41) is 0. The van der Waals surface area contributed by atoms with Gasteiger partial charge >= 0.3 is 0 Å². The Balaban J connectivity index is 2.23. The lowest BCUT2D eigenvalue weighted by atomic mass is 9.72. The van der Waals surface area contributed by atoms with Crippen LogP contribution in [0.15, 0.2) is 18.2 Å². The predicted molar refractivity (Wildman–Crippen MR) is 91.7 cm³/mol. The van der Waals surface area contributed by atoms with Crippen molar-refractivity contribution in [1.29, 1.82) is 0 Å². The Morgan fingerprint density at radius 1 is 0.850 bits per heavy atom. The van der Waals surface area contributed by atoms with Gasteiger partial charge in [0.15, 0.2) is 0 Å². The molecule has 0 aromatic heterocycles. The van der Waals surface area contributed by atoms with E-state index in [9.17, 15) is 0 Å². The molecule has 1 heteroatoms. The van der Waals surface area contributed by atoms with Crippen molar-refractivity contribution >= 4 is 8.07 Å². The summed E-state index contributed by atoms with van der Waals surface area (Å²) in [7, 11) is -1.21. The number of aryl methyl sites for hydroxylation is 2. The van der Waals surface area contributed by atoms with Gasteiger partial charge in [-0.25, -0.2) is 0 Å². The summed E-state index contributed by atoms with van der Waals surface area (Å²) in [6.07, 6.45) is 7.10. The van der Waals surface area contributed by atoms with Crippen LogP contribution >= 0.6 is 0 Å². The smallest absolute Gasteiger partial charge is 0.0517 e. The summed E-state index contributed by atoms with van der Waals surface area (Å²) in [6.45, 7) is 16.3. The van der Waals surface area contributed by atoms with Crippen LogP contribution in [0.1, 0.15) is 30.5 Å². The molecule has 1 aromatic rings. The van der Waals surface area contributed by atoms with Crippen LogP contribution in [0.4, 0.5) is 0 Å². The van der Waals surface area contributed by atoms with Crippen molar-refractivity contribution in [3.8, 4) is 0 Å². The van der Waals surface area contributed by atoms with Crippen LogP contribution in [0.2, 0.25) is 19.6 Å². The lowest BCUT2D eigenvalue weighted by Gasteiger charge is -2.33. The fourth-order valence-electron chi connectivity index (χ4n) is 2.80. The molecule has 1 aromatic carbocycles. The molecule has 1 fully saturated rings. The molecule has 0 N–H and O–H groups in total. The van der Waals surface area contributed by atoms with E-state index in [4.69, 9.17) is 0 Å². The normalized spacial score (nSPS) is 18.8. The average Bonchev–Trinajstić information content (AvgIpc) is 2.76. The second-order valence-electron chi connectivity index (χ2n) is 7.64. The van der Waals surface area contributed by atoms with Crippen LogP contribution in [-0.4, -0.2) is 8.07 Å². The molecule has 1 aliphatic carbocycles. The van der Waals surface area contributed by atoms with Crippen LogP contribution < -0.4 is 0 Å². The molecule has 0 bridgehead atoms. The van der Waals surface area contributed by atoms with Gasteiger partial charge in [0.1, 0.15) is 0 Å². The van der Waals surface area contributed by atoms with Gasteiger partial charge in [-0.1, -0.05) is 62.8 Å². The summed E-state index contributed by atoms with van der Waals surface area (Å²) in [6, 6.07) is 6.90. The van der Waals surface area contributed by atoms with Crippen molar-refractivity contribution in [3.63, 3.8) is 0 Å². The quantitative estimate of drug-likeness (QED) is 0.666. The first-order valence-corrected chi connectivity index (χ1v) is 11.0. The zero-order valence-electron chi connectivity index (χ0n) is 14.0. The highest BCUT2D eigenvalue weighted by Crippen LogP contribution is 2.47. The van der Waals surface area contributed by atoms with Gasteiger partial charge < -0.3 is 0 Å². The van der Waals surface area contributed by atoms with Crippen LogP contribution in [0, 0.1) is 44.6 Å². The third-order valence-electron chi connectivity index (χ3n) is 4.28. The molecular weight excluding hydrogens is 256 g/mol. The van der Waals surface area contributed by atoms with E-state index in [-0.39, 0.29) is 5.41 Å². The first-order chi connectivity index (χ1) is 9.10. The highest BCUT2D eigenvalue weighted by atomic mass is 28.3. The first kappa shape index (κ1) is 15.8. The van der Waals surface area contributed by atoms with Crippen molar-refractivity contribution in [1.82, 2.24) is 0 Å². The zero-order valence-corrected chi connectivity index (χ0v) is 15.0. The second-order valence-corrected chi connectivity index (χ2v) is 12.7. The Labute approximate surface area is 127 Å². The molecule has 0 atom stereocenters. The predicted octanol–water partition coefficient (Wildman–Crippen LogP) is 5.23. The summed E-state index contributed by atoms with van der Waals surface area (Å²) in [5.41, 5.74) is 5.76. The Kier molecular flexibility index (Phi) is 4.21. The molecular formula is C19H27Si. The van der Waals surface area contributed by atoms with Gasteiger partial charge in [-0.2, -0.15) is 0 Å². The van der Waals surface area contributed by atoms with Crippen LogP contribution in [0.25, 0.3) is 0 Å². The molecule has 107 valence electrons. The molecule has 0 amide bonds. The van der Waals surface area contributed by atoms with Crippen LogP contribution in [-0.2, 0) is 5.41 Å². The Bertz CT molecular complexity index is 459. The summed E-state index contributed by atoms with van der Waals surface area (Å²) in [5.74, 6) is 1.44. The van der Waals surface area contributed by atoms with Gasteiger partial charge in [-0.3, -0.25) is 0 Å². The van der Waals surface area contributed by atoms with Crippen LogP contribution in [0.5, 0.6) is 0 Å². The second kappa shape index (κ2) is 5.33. The number of hydrogen-bond acceptors (Lipinski definition) is 0. The van der Waals surface area contributed by atoms with E-state index < -0.39 is 8.07 Å². The SMILES string of the molecule is Cc1cc(C)cc(C(C)(C)[C]2[CH][CH][C]([Si](C)(C)C)[CH]2)c1. The zero-order chi connectivity index (χ0) is 15.1. The van der Waals surface area contributed by atoms with Gasteiger partial charge in [-0.05, 0) is 55.5 Å². The number of benzene rings is 1.